The molecule has 1 spiro atoms. The lowest BCUT2D eigenvalue weighted by molar-refractivity contribution is -0.0385. The van der Waals surface area contributed by atoms with Crippen molar-refractivity contribution in [3.05, 3.63) is 0 Å². The Labute approximate surface area is 141 Å². The van der Waals surface area contributed by atoms with Gasteiger partial charge in [0.2, 0.25) is 0 Å². The van der Waals surface area contributed by atoms with Gasteiger partial charge in [0, 0.05) is 14.1 Å². The Morgan fingerprint density at radius 1 is 1.39 bits per heavy atom. The van der Waals surface area contributed by atoms with Crippen LogP contribution in [-0.4, -0.2) is 45.6 Å². The van der Waals surface area contributed by atoms with E-state index in [1.54, 1.807) is 0 Å². The Bertz CT molecular complexity index is 384. The molecule has 0 unspecified atom stereocenters. The maximum absolute atomic E-state index is 10.8. The van der Waals surface area contributed by atoms with E-state index in [1.807, 2.05) is 0 Å². The maximum atomic E-state index is 10.8. The second-order valence-electron chi connectivity index (χ2n) is 8.55. The molecule has 5 nitrogen and oxygen atoms in total. The maximum Gasteiger partial charge on any atom is 0.404 e. The van der Waals surface area contributed by atoms with Crippen LogP contribution in [0.15, 0.2) is 0 Å². The highest BCUT2D eigenvalue weighted by molar-refractivity contribution is 6.76. The first kappa shape index (κ1) is 18.7. The Balaban J connectivity index is 1.73. The summed E-state index contributed by atoms with van der Waals surface area (Å²) < 4.78 is 11.0. The molecule has 2 aliphatic rings. The van der Waals surface area contributed by atoms with Crippen molar-refractivity contribution in [1.29, 1.82) is 0 Å². The number of nitrogens with one attached hydrogen (secondary N) is 1. The molecule has 2 rings (SSSR count). The average molecular weight is 343 g/mol. The predicted molar refractivity (Wildman–Crippen MR) is 95.4 cm³/mol. The van der Waals surface area contributed by atoms with Crippen LogP contribution in [-0.2, 0) is 9.47 Å². The number of rotatable bonds is 9. The summed E-state index contributed by atoms with van der Waals surface area (Å²) in [6.45, 7) is 9.52. The SMILES string of the molecule is C[Si](C)(C)CCN[C@H](CCOC(N)=O)C[C@H]1CCC2(CC2)OC1. The lowest BCUT2D eigenvalue weighted by Crippen LogP contribution is -2.38. The standard InChI is InChI=1S/C17H34N2O3Si/c1-23(2,3)11-9-19-15(5-10-21-16(18)20)12-14-4-6-17(7-8-17)22-13-14/h14-15,19H,4-13H2,1-3H3,(H2,18,20)/t14-,15-/m1/s1. The number of amides is 1. The molecule has 1 heterocycles. The highest BCUT2D eigenvalue weighted by Gasteiger charge is 2.46. The molecule has 3 N–H and O–H groups in total. The molecule has 1 aliphatic carbocycles. The van der Waals surface area contributed by atoms with E-state index in [0.717, 1.165) is 26.0 Å². The van der Waals surface area contributed by atoms with Crippen LogP contribution in [0.2, 0.25) is 25.7 Å². The summed E-state index contributed by atoms with van der Waals surface area (Å²) in [5, 5.41) is 3.68. The minimum atomic E-state index is -1.03. The van der Waals surface area contributed by atoms with Crippen molar-refractivity contribution in [3.63, 3.8) is 0 Å². The van der Waals surface area contributed by atoms with Crippen molar-refractivity contribution in [1.82, 2.24) is 5.32 Å². The quantitative estimate of drug-likeness (QED) is 0.631. The van der Waals surface area contributed by atoms with Crippen molar-refractivity contribution >= 4 is 14.2 Å². The van der Waals surface area contributed by atoms with E-state index in [9.17, 15) is 4.79 Å². The molecule has 1 amide bonds. The van der Waals surface area contributed by atoms with E-state index < -0.39 is 14.2 Å². The van der Waals surface area contributed by atoms with Gasteiger partial charge in [0.1, 0.15) is 0 Å². The lowest BCUT2D eigenvalue weighted by Gasteiger charge is -2.32. The van der Waals surface area contributed by atoms with Gasteiger partial charge < -0.3 is 20.5 Å². The van der Waals surface area contributed by atoms with Crippen LogP contribution in [0.25, 0.3) is 0 Å². The molecular formula is C17H34N2O3Si. The molecule has 0 aromatic carbocycles. The number of carbonyl (C=O) groups is 1. The fraction of sp³-hybridized carbons (Fsp3) is 0.941. The molecule has 1 saturated heterocycles. The minimum absolute atomic E-state index is 0.270. The summed E-state index contributed by atoms with van der Waals surface area (Å²) in [6, 6.07) is 1.65. The molecular weight excluding hydrogens is 308 g/mol. The van der Waals surface area contributed by atoms with Gasteiger partial charge in [-0.25, -0.2) is 4.79 Å². The van der Waals surface area contributed by atoms with Gasteiger partial charge in [-0.1, -0.05) is 19.6 Å². The van der Waals surface area contributed by atoms with Gasteiger partial charge in [-0.15, -0.1) is 0 Å². The van der Waals surface area contributed by atoms with Crippen LogP contribution >= 0.6 is 0 Å². The number of ether oxygens (including phenoxy) is 2. The third-order valence-electron chi connectivity index (χ3n) is 5.08. The van der Waals surface area contributed by atoms with Crippen LogP contribution in [0, 0.1) is 5.92 Å². The summed E-state index contributed by atoms with van der Waals surface area (Å²) in [5.74, 6) is 0.624. The Hall–Kier alpha value is -0.593. The van der Waals surface area contributed by atoms with Gasteiger partial charge in [-0.05, 0) is 57.0 Å². The number of carbonyl (C=O) groups excluding carboxylic acids is 1. The Morgan fingerprint density at radius 3 is 2.65 bits per heavy atom. The van der Waals surface area contributed by atoms with Gasteiger partial charge in [-0.3, -0.25) is 0 Å². The fourth-order valence-corrected chi connectivity index (χ4v) is 4.19. The van der Waals surface area contributed by atoms with Crippen LogP contribution in [0.1, 0.15) is 38.5 Å². The molecule has 2 fully saturated rings. The first-order valence-electron chi connectivity index (χ1n) is 9.08. The lowest BCUT2D eigenvalue weighted by atomic mass is 9.90. The highest BCUT2D eigenvalue weighted by atomic mass is 28.3. The van der Waals surface area contributed by atoms with E-state index in [1.165, 1.54) is 31.7 Å². The van der Waals surface area contributed by atoms with E-state index in [4.69, 9.17) is 15.2 Å². The minimum Gasteiger partial charge on any atom is -0.450 e. The Kier molecular flexibility index (Phi) is 6.51. The normalized spacial score (nSPS) is 24.4. The van der Waals surface area contributed by atoms with Gasteiger partial charge in [-0.2, -0.15) is 0 Å². The number of primary amides is 1. The summed E-state index contributed by atoms with van der Waals surface area (Å²) in [4.78, 5) is 10.8. The molecule has 0 aromatic heterocycles. The van der Waals surface area contributed by atoms with Crippen molar-refractivity contribution in [2.75, 3.05) is 19.8 Å². The topological polar surface area (TPSA) is 73.6 Å². The molecule has 6 heteroatoms. The molecule has 134 valence electrons. The van der Waals surface area contributed by atoms with E-state index in [0.29, 0.717) is 18.6 Å². The summed E-state index contributed by atoms with van der Waals surface area (Å²) in [5.41, 5.74) is 5.33. The number of hydrogen-bond acceptors (Lipinski definition) is 4. The highest BCUT2D eigenvalue weighted by Crippen LogP contribution is 2.47. The fourth-order valence-electron chi connectivity index (χ4n) is 3.30. The largest absolute Gasteiger partial charge is 0.450 e. The molecule has 1 aliphatic heterocycles. The number of nitrogens with two attached hydrogens (primary N) is 1. The third kappa shape index (κ3) is 7.22. The average Bonchev–Trinajstić information content (AvgIpc) is 3.19. The molecule has 0 aromatic rings. The molecule has 1 saturated carbocycles. The zero-order valence-corrected chi connectivity index (χ0v) is 16.0. The van der Waals surface area contributed by atoms with E-state index in [-0.39, 0.29) is 5.60 Å². The van der Waals surface area contributed by atoms with Gasteiger partial charge in [0.05, 0.1) is 18.8 Å². The molecule has 23 heavy (non-hydrogen) atoms. The van der Waals surface area contributed by atoms with Crippen molar-refractivity contribution in [2.45, 2.75) is 75.9 Å². The molecule has 0 radical (unpaired) electrons. The molecule has 2 atom stereocenters. The van der Waals surface area contributed by atoms with E-state index >= 15 is 0 Å². The van der Waals surface area contributed by atoms with Crippen molar-refractivity contribution in [3.8, 4) is 0 Å². The zero-order chi connectivity index (χ0) is 16.9. The second-order valence-corrected chi connectivity index (χ2v) is 14.2. The van der Waals surface area contributed by atoms with Crippen LogP contribution in [0.3, 0.4) is 0 Å². The smallest absolute Gasteiger partial charge is 0.404 e. The third-order valence-corrected chi connectivity index (χ3v) is 6.83. The molecule has 0 bridgehead atoms. The monoisotopic (exact) mass is 342 g/mol. The summed E-state index contributed by atoms with van der Waals surface area (Å²) in [6.07, 6.45) is 6.25. The zero-order valence-electron chi connectivity index (χ0n) is 15.0. The van der Waals surface area contributed by atoms with Crippen LogP contribution in [0.4, 0.5) is 4.79 Å². The van der Waals surface area contributed by atoms with Crippen molar-refractivity contribution in [2.24, 2.45) is 11.7 Å². The summed E-state index contributed by atoms with van der Waals surface area (Å²) in [7, 11) is -1.03. The van der Waals surface area contributed by atoms with E-state index in [2.05, 4.69) is 25.0 Å². The number of hydrogen-bond donors (Lipinski definition) is 2. The van der Waals surface area contributed by atoms with Crippen LogP contribution in [0.5, 0.6) is 0 Å². The van der Waals surface area contributed by atoms with Crippen LogP contribution < -0.4 is 11.1 Å². The van der Waals surface area contributed by atoms with Gasteiger partial charge in [0.15, 0.2) is 0 Å². The van der Waals surface area contributed by atoms with Crippen molar-refractivity contribution < 1.29 is 14.3 Å². The van der Waals surface area contributed by atoms with Gasteiger partial charge in [0.25, 0.3) is 0 Å². The Morgan fingerprint density at radius 2 is 2.13 bits per heavy atom. The summed E-state index contributed by atoms with van der Waals surface area (Å²) >= 11 is 0. The second kappa shape index (κ2) is 7.99. The van der Waals surface area contributed by atoms with Gasteiger partial charge >= 0.3 is 6.09 Å². The predicted octanol–water partition coefficient (Wildman–Crippen LogP) is 3.12. The first-order valence-corrected chi connectivity index (χ1v) is 12.8. The first-order chi connectivity index (χ1) is 10.8.